The minimum atomic E-state index is -0.287. The van der Waals surface area contributed by atoms with E-state index in [-0.39, 0.29) is 5.82 Å². The summed E-state index contributed by atoms with van der Waals surface area (Å²) in [4.78, 5) is 0. The van der Waals surface area contributed by atoms with E-state index in [1.807, 2.05) is 38.1 Å². The molecule has 0 saturated heterocycles. The monoisotopic (exact) mass is 476 g/mol. The van der Waals surface area contributed by atoms with E-state index in [1.165, 1.54) is 12.1 Å². The molecular formula is C23H26ClFN4O2S. The Morgan fingerprint density at radius 3 is 2.62 bits per heavy atom. The van der Waals surface area contributed by atoms with E-state index in [1.54, 1.807) is 16.9 Å². The lowest BCUT2D eigenvalue weighted by Gasteiger charge is -2.13. The van der Waals surface area contributed by atoms with Gasteiger partial charge >= 0.3 is 0 Å². The first-order valence-electron chi connectivity index (χ1n) is 10.4. The van der Waals surface area contributed by atoms with Crippen LogP contribution >= 0.6 is 23.8 Å². The molecule has 0 fully saturated rings. The predicted octanol–water partition coefficient (Wildman–Crippen LogP) is 5.05. The average Bonchev–Trinajstić information content (AvgIpc) is 3.08. The Balaban J connectivity index is 1.52. The second kappa shape index (κ2) is 11.7. The van der Waals surface area contributed by atoms with Crippen molar-refractivity contribution < 1.29 is 13.9 Å². The van der Waals surface area contributed by atoms with Crippen LogP contribution in [0.4, 0.5) is 10.2 Å². The summed E-state index contributed by atoms with van der Waals surface area (Å²) in [6.07, 6.45) is 2.42. The molecule has 0 bridgehead atoms. The fraction of sp³-hybridized carbons (Fsp3) is 0.304. The van der Waals surface area contributed by atoms with Gasteiger partial charge in [0.2, 0.25) is 0 Å². The molecule has 2 N–H and O–H groups in total. The van der Waals surface area contributed by atoms with Gasteiger partial charge in [-0.05, 0) is 67.9 Å². The second-order valence-corrected chi connectivity index (χ2v) is 7.75. The van der Waals surface area contributed by atoms with Crippen molar-refractivity contribution in [3.63, 3.8) is 0 Å². The van der Waals surface area contributed by atoms with Crippen LogP contribution in [-0.2, 0) is 13.0 Å². The summed E-state index contributed by atoms with van der Waals surface area (Å²) in [5.74, 6) is 1.64. The third-order valence-electron chi connectivity index (χ3n) is 4.49. The number of benzene rings is 2. The van der Waals surface area contributed by atoms with Crippen LogP contribution in [0.1, 0.15) is 25.0 Å². The van der Waals surface area contributed by atoms with Gasteiger partial charge in [-0.25, -0.2) is 4.39 Å². The van der Waals surface area contributed by atoms with Crippen LogP contribution in [0.25, 0.3) is 0 Å². The first-order valence-corrected chi connectivity index (χ1v) is 11.2. The normalized spacial score (nSPS) is 10.6. The second-order valence-electron chi connectivity index (χ2n) is 6.93. The van der Waals surface area contributed by atoms with E-state index >= 15 is 0 Å². The van der Waals surface area contributed by atoms with Gasteiger partial charge in [-0.3, -0.25) is 4.68 Å². The van der Waals surface area contributed by atoms with Crippen LogP contribution in [0, 0.1) is 5.82 Å². The van der Waals surface area contributed by atoms with E-state index in [2.05, 4.69) is 15.7 Å². The summed E-state index contributed by atoms with van der Waals surface area (Å²) in [6.45, 7) is 6.06. The molecule has 3 aromatic rings. The van der Waals surface area contributed by atoms with Crippen LogP contribution in [0.2, 0.25) is 5.02 Å². The largest absolute Gasteiger partial charge is 0.490 e. The minimum Gasteiger partial charge on any atom is -0.490 e. The topological polar surface area (TPSA) is 60.3 Å². The van der Waals surface area contributed by atoms with Crippen LogP contribution in [-0.4, -0.2) is 34.7 Å². The van der Waals surface area contributed by atoms with E-state index < -0.39 is 0 Å². The molecule has 0 saturated carbocycles. The van der Waals surface area contributed by atoms with Gasteiger partial charge in [0.05, 0.1) is 19.8 Å². The summed E-state index contributed by atoms with van der Waals surface area (Å²) >= 11 is 11.6. The summed E-state index contributed by atoms with van der Waals surface area (Å²) < 4.78 is 26.3. The number of ether oxygens (including phenoxy) is 2. The number of anilines is 1. The molecule has 6 nitrogen and oxygen atoms in total. The van der Waals surface area contributed by atoms with Crippen molar-refractivity contribution in [3.05, 3.63) is 70.6 Å². The third-order valence-corrected chi connectivity index (χ3v) is 5.01. The molecule has 0 unspecified atom stereocenters. The van der Waals surface area contributed by atoms with Crippen molar-refractivity contribution in [1.29, 1.82) is 0 Å². The van der Waals surface area contributed by atoms with E-state index in [0.29, 0.717) is 42.3 Å². The zero-order chi connectivity index (χ0) is 22.9. The maximum absolute atomic E-state index is 13.4. The van der Waals surface area contributed by atoms with Gasteiger partial charge < -0.3 is 20.1 Å². The lowest BCUT2D eigenvalue weighted by Crippen LogP contribution is -2.30. The van der Waals surface area contributed by atoms with Crippen molar-refractivity contribution in [2.45, 2.75) is 26.8 Å². The van der Waals surface area contributed by atoms with Gasteiger partial charge in [0.1, 0.15) is 10.8 Å². The molecular weight excluding hydrogens is 451 g/mol. The number of hydrogen-bond acceptors (Lipinski definition) is 4. The molecule has 170 valence electrons. The molecule has 0 spiro atoms. The van der Waals surface area contributed by atoms with Crippen molar-refractivity contribution in [2.24, 2.45) is 0 Å². The van der Waals surface area contributed by atoms with Gasteiger partial charge in [0, 0.05) is 12.7 Å². The van der Waals surface area contributed by atoms with Crippen molar-refractivity contribution >= 4 is 34.7 Å². The van der Waals surface area contributed by atoms with Crippen molar-refractivity contribution in [2.75, 3.05) is 25.1 Å². The lowest BCUT2D eigenvalue weighted by molar-refractivity contribution is 0.287. The Kier molecular flexibility index (Phi) is 8.70. The Hall–Kier alpha value is -2.84. The summed E-state index contributed by atoms with van der Waals surface area (Å²) in [5, 5.41) is 11.4. The average molecular weight is 477 g/mol. The molecule has 0 aliphatic carbocycles. The molecule has 32 heavy (non-hydrogen) atoms. The van der Waals surface area contributed by atoms with Gasteiger partial charge in [-0.1, -0.05) is 29.8 Å². The van der Waals surface area contributed by atoms with Crippen LogP contribution in [0.3, 0.4) is 0 Å². The molecule has 9 heteroatoms. The number of nitrogens with zero attached hydrogens (tertiary/aromatic N) is 2. The molecule has 0 atom stereocenters. The Bertz CT molecular complexity index is 1060. The standard InChI is InChI=1S/C23H26ClFN4O2S/c1-3-30-20-9-8-16(13-21(20)31-4-2)10-11-26-23(32)27-22-19(24)15-29(28-22)14-17-6-5-7-18(25)12-17/h5-9,12-13,15H,3-4,10-11,14H2,1-2H3,(H2,26,27,28,32). The Labute approximate surface area is 197 Å². The maximum atomic E-state index is 13.4. The molecule has 0 aliphatic rings. The highest BCUT2D eigenvalue weighted by Crippen LogP contribution is 2.28. The van der Waals surface area contributed by atoms with E-state index in [9.17, 15) is 4.39 Å². The lowest BCUT2D eigenvalue weighted by atomic mass is 10.1. The van der Waals surface area contributed by atoms with Crippen LogP contribution in [0.15, 0.2) is 48.7 Å². The molecule has 2 aromatic carbocycles. The minimum absolute atomic E-state index is 0.287. The highest BCUT2D eigenvalue weighted by Gasteiger charge is 2.10. The molecule has 3 rings (SSSR count). The molecule has 0 amide bonds. The highest BCUT2D eigenvalue weighted by molar-refractivity contribution is 7.80. The maximum Gasteiger partial charge on any atom is 0.173 e. The highest BCUT2D eigenvalue weighted by atomic mass is 35.5. The SMILES string of the molecule is CCOc1ccc(CCNC(=S)Nc2nn(Cc3cccc(F)c3)cc2Cl)cc1OCC. The van der Waals surface area contributed by atoms with Gasteiger partial charge in [0.15, 0.2) is 22.4 Å². The first kappa shape index (κ1) is 23.8. The Morgan fingerprint density at radius 1 is 1.09 bits per heavy atom. The Morgan fingerprint density at radius 2 is 1.88 bits per heavy atom. The quantitative estimate of drug-likeness (QED) is 0.399. The van der Waals surface area contributed by atoms with Gasteiger partial charge in [-0.15, -0.1) is 0 Å². The number of hydrogen-bond donors (Lipinski definition) is 2. The number of nitrogens with one attached hydrogen (secondary N) is 2. The van der Waals surface area contributed by atoms with Gasteiger partial charge in [0.25, 0.3) is 0 Å². The predicted molar refractivity (Wildman–Crippen MR) is 129 cm³/mol. The molecule has 1 aromatic heterocycles. The van der Waals surface area contributed by atoms with E-state index in [4.69, 9.17) is 33.3 Å². The summed E-state index contributed by atoms with van der Waals surface area (Å²) in [5.41, 5.74) is 1.89. The molecule has 0 radical (unpaired) electrons. The fourth-order valence-corrected chi connectivity index (χ4v) is 3.50. The first-order chi connectivity index (χ1) is 15.5. The smallest absolute Gasteiger partial charge is 0.173 e. The summed E-state index contributed by atoms with van der Waals surface area (Å²) in [6, 6.07) is 12.3. The van der Waals surface area contributed by atoms with Crippen LogP contribution < -0.4 is 20.1 Å². The number of halogens is 2. The van der Waals surface area contributed by atoms with Crippen molar-refractivity contribution in [3.8, 4) is 11.5 Å². The van der Waals surface area contributed by atoms with Crippen LogP contribution in [0.5, 0.6) is 11.5 Å². The zero-order valence-corrected chi connectivity index (χ0v) is 19.6. The zero-order valence-electron chi connectivity index (χ0n) is 18.0. The number of aromatic nitrogens is 2. The van der Waals surface area contributed by atoms with Crippen molar-refractivity contribution in [1.82, 2.24) is 15.1 Å². The number of thiocarbonyl (C=S) groups is 1. The number of rotatable bonds is 10. The third kappa shape index (κ3) is 6.83. The fourth-order valence-electron chi connectivity index (χ4n) is 3.11. The molecule has 1 heterocycles. The summed E-state index contributed by atoms with van der Waals surface area (Å²) in [7, 11) is 0. The van der Waals surface area contributed by atoms with Gasteiger partial charge in [-0.2, -0.15) is 5.10 Å². The molecule has 0 aliphatic heterocycles. The van der Waals surface area contributed by atoms with E-state index in [0.717, 1.165) is 29.0 Å².